The van der Waals surface area contributed by atoms with Gasteiger partial charge in [-0.3, -0.25) is 9.69 Å². The topological polar surface area (TPSA) is 81.5 Å². The molecular formula is C32H39N5O3. The first-order valence-corrected chi connectivity index (χ1v) is 14.1. The molecule has 8 heteroatoms. The van der Waals surface area contributed by atoms with Crippen LogP contribution in [0.3, 0.4) is 0 Å². The fourth-order valence-electron chi connectivity index (χ4n) is 5.39. The Kier molecular flexibility index (Phi) is 8.89. The Morgan fingerprint density at radius 2 is 1.75 bits per heavy atom. The first kappa shape index (κ1) is 28.0. The summed E-state index contributed by atoms with van der Waals surface area (Å²) in [4.78, 5) is 24.3. The van der Waals surface area contributed by atoms with Crippen molar-refractivity contribution in [2.75, 3.05) is 40.0 Å². The zero-order valence-corrected chi connectivity index (χ0v) is 24.0. The predicted octanol–water partition coefficient (Wildman–Crippen LogP) is 4.42. The molecule has 0 unspecified atom stereocenters. The van der Waals surface area contributed by atoms with Crippen molar-refractivity contribution < 1.29 is 14.3 Å². The predicted molar refractivity (Wildman–Crippen MR) is 157 cm³/mol. The van der Waals surface area contributed by atoms with Gasteiger partial charge in [-0.25, -0.2) is 9.97 Å². The zero-order chi connectivity index (χ0) is 28.1. The Morgan fingerprint density at radius 3 is 2.48 bits per heavy atom. The van der Waals surface area contributed by atoms with E-state index in [0.29, 0.717) is 13.1 Å². The summed E-state index contributed by atoms with van der Waals surface area (Å²) >= 11 is 0. The molecule has 1 N–H and O–H groups in total. The van der Waals surface area contributed by atoms with E-state index in [1.807, 2.05) is 6.92 Å². The van der Waals surface area contributed by atoms with Crippen LogP contribution in [0.2, 0.25) is 0 Å². The maximum atomic E-state index is 12.1. The summed E-state index contributed by atoms with van der Waals surface area (Å²) in [5, 5.41) is 2.98. The number of imidazole rings is 1. The molecule has 3 heterocycles. The standard InChI is InChI=1S/C32H39N5O3/c1-5-29-35-31-22(2)16-23(3)34-32(31)37(29)20-24-6-9-26(10-7-24)28-17-25(19-36-12-14-40-15-13-36)8-11-27(28)18-33-30(38)21-39-4/h6-11,16-17H,5,12-15,18-21H2,1-4H3,(H,33,38). The molecule has 0 radical (unpaired) electrons. The van der Waals surface area contributed by atoms with Crippen LogP contribution in [0.25, 0.3) is 22.3 Å². The second kappa shape index (κ2) is 12.7. The Labute approximate surface area is 236 Å². The lowest BCUT2D eigenvalue weighted by atomic mass is 9.96. The molecule has 40 heavy (non-hydrogen) atoms. The van der Waals surface area contributed by atoms with Gasteiger partial charge in [0.25, 0.3) is 0 Å². The number of hydrogen-bond acceptors (Lipinski definition) is 6. The fourth-order valence-corrected chi connectivity index (χ4v) is 5.39. The van der Waals surface area contributed by atoms with Crippen LogP contribution in [0, 0.1) is 13.8 Å². The number of methoxy groups -OCH3 is 1. The molecule has 0 spiro atoms. The van der Waals surface area contributed by atoms with Crippen molar-refractivity contribution >= 4 is 17.1 Å². The van der Waals surface area contributed by atoms with Gasteiger partial charge < -0.3 is 19.4 Å². The van der Waals surface area contributed by atoms with Gasteiger partial charge in [-0.05, 0) is 59.4 Å². The highest BCUT2D eigenvalue weighted by atomic mass is 16.5. The van der Waals surface area contributed by atoms with Gasteiger partial charge in [-0.1, -0.05) is 43.3 Å². The third-order valence-corrected chi connectivity index (χ3v) is 7.46. The van der Waals surface area contributed by atoms with E-state index in [2.05, 4.69) is 77.2 Å². The largest absolute Gasteiger partial charge is 0.379 e. The number of rotatable bonds is 10. The van der Waals surface area contributed by atoms with Gasteiger partial charge in [0.15, 0.2) is 5.65 Å². The van der Waals surface area contributed by atoms with Crippen molar-refractivity contribution in [3.05, 3.63) is 82.3 Å². The van der Waals surface area contributed by atoms with Gasteiger partial charge in [-0.2, -0.15) is 0 Å². The molecule has 4 aromatic rings. The van der Waals surface area contributed by atoms with Gasteiger partial charge in [-0.15, -0.1) is 0 Å². The quantitative estimate of drug-likeness (QED) is 0.320. The Hall–Kier alpha value is -3.59. The molecule has 2 aromatic carbocycles. The summed E-state index contributed by atoms with van der Waals surface area (Å²) in [6.45, 7) is 11.8. The molecule has 210 valence electrons. The molecule has 0 saturated carbocycles. The third kappa shape index (κ3) is 6.41. The number of ether oxygens (including phenoxy) is 2. The molecule has 5 rings (SSSR count). The highest BCUT2D eigenvalue weighted by Crippen LogP contribution is 2.28. The van der Waals surface area contributed by atoms with Crippen LogP contribution in [0.4, 0.5) is 0 Å². The highest BCUT2D eigenvalue weighted by molar-refractivity contribution is 5.78. The van der Waals surface area contributed by atoms with E-state index in [1.54, 1.807) is 0 Å². The smallest absolute Gasteiger partial charge is 0.246 e. The molecule has 0 aliphatic carbocycles. The molecule has 1 amide bonds. The van der Waals surface area contributed by atoms with Gasteiger partial charge in [0.1, 0.15) is 17.9 Å². The zero-order valence-electron chi connectivity index (χ0n) is 24.0. The average molecular weight is 542 g/mol. The summed E-state index contributed by atoms with van der Waals surface area (Å²) in [5.74, 6) is 0.921. The van der Waals surface area contributed by atoms with E-state index in [4.69, 9.17) is 19.4 Å². The monoisotopic (exact) mass is 541 g/mol. The number of pyridine rings is 1. The molecule has 1 aliphatic rings. The molecule has 1 saturated heterocycles. The number of morpholine rings is 1. The minimum atomic E-state index is -0.125. The van der Waals surface area contributed by atoms with Crippen LogP contribution in [-0.4, -0.2) is 65.4 Å². The third-order valence-electron chi connectivity index (χ3n) is 7.46. The Morgan fingerprint density at radius 1 is 1.00 bits per heavy atom. The number of aromatic nitrogens is 3. The summed E-state index contributed by atoms with van der Waals surface area (Å²) in [6, 6.07) is 17.4. The second-order valence-corrected chi connectivity index (χ2v) is 10.5. The Bertz CT molecular complexity index is 1470. The lowest BCUT2D eigenvalue weighted by Gasteiger charge is -2.27. The number of carbonyl (C=O) groups excluding carboxylic acids is 1. The molecule has 1 aliphatic heterocycles. The number of nitrogens with one attached hydrogen (secondary N) is 1. The number of carbonyl (C=O) groups is 1. The minimum absolute atomic E-state index is 0.0513. The molecule has 0 atom stereocenters. The van der Waals surface area contributed by atoms with E-state index in [0.717, 1.165) is 84.2 Å². The summed E-state index contributed by atoms with van der Waals surface area (Å²) < 4.78 is 12.7. The summed E-state index contributed by atoms with van der Waals surface area (Å²) in [5.41, 5.74) is 9.87. The average Bonchev–Trinajstić information content (AvgIpc) is 3.31. The van der Waals surface area contributed by atoms with E-state index >= 15 is 0 Å². The Balaban J connectivity index is 1.42. The van der Waals surface area contributed by atoms with Crippen molar-refractivity contribution in [3.8, 4) is 11.1 Å². The minimum Gasteiger partial charge on any atom is -0.379 e. The van der Waals surface area contributed by atoms with Crippen LogP contribution >= 0.6 is 0 Å². The molecule has 2 aromatic heterocycles. The van der Waals surface area contributed by atoms with Gasteiger partial charge in [0.2, 0.25) is 5.91 Å². The number of hydrogen-bond donors (Lipinski definition) is 1. The normalized spacial score (nSPS) is 14.1. The van der Waals surface area contributed by atoms with E-state index in [-0.39, 0.29) is 12.5 Å². The van der Waals surface area contributed by atoms with Crippen LogP contribution in [0.5, 0.6) is 0 Å². The van der Waals surface area contributed by atoms with Gasteiger partial charge >= 0.3 is 0 Å². The number of aryl methyl sites for hydroxylation is 3. The van der Waals surface area contributed by atoms with Crippen molar-refractivity contribution in [1.29, 1.82) is 0 Å². The summed E-state index contributed by atoms with van der Waals surface area (Å²) in [7, 11) is 1.53. The lowest BCUT2D eigenvalue weighted by Crippen LogP contribution is -2.35. The van der Waals surface area contributed by atoms with Crippen molar-refractivity contribution in [3.63, 3.8) is 0 Å². The van der Waals surface area contributed by atoms with Gasteiger partial charge in [0, 0.05) is 45.4 Å². The summed E-state index contributed by atoms with van der Waals surface area (Å²) in [6.07, 6.45) is 0.848. The van der Waals surface area contributed by atoms with E-state index < -0.39 is 0 Å². The lowest BCUT2D eigenvalue weighted by molar-refractivity contribution is -0.124. The maximum absolute atomic E-state index is 12.1. The number of benzene rings is 2. The molecular weight excluding hydrogens is 502 g/mol. The SMILES string of the molecule is CCc1nc2c(C)cc(C)nc2n1Cc1ccc(-c2cc(CN3CCOCC3)ccc2CNC(=O)COC)cc1. The highest BCUT2D eigenvalue weighted by Gasteiger charge is 2.16. The first-order valence-electron chi connectivity index (χ1n) is 14.1. The number of nitrogens with zero attached hydrogens (tertiary/aromatic N) is 4. The van der Waals surface area contributed by atoms with Crippen molar-refractivity contribution in [2.24, 2.45) is 0 Å². The van der Waals surface area contributed by atoms with Crippen LogP contribution in [0.15, 0.2) is 48.5 Å². The van der Waals surface area contributed by atoms with Crippen molar-refractivity contribution in [1.82, 2.24) is 24.8 Å². The van der Waals surface area contributed by atoms with Crippen LogP contribution in [-0.2, 0) is 40.3 Å². The van der Waals surface area contributed by atoms with Crippen molar-refractivity contribution in [2.45, 2.75) is 46.8 Å². The second-order valence-electron chi connectivity index (χ2n) is 10.5. The van der Waals surface area contributed by atoms with Crippen LogP contribution in [0.1, 0.15) is 40.7 Å². The first-order chi connectivity index (χ1) is 19.4. The molecule has 0 bridgehead atoms. The van der Waals surface area contributed by atoms with E-state index in [9.17, 15) is 4.79 Å². The fraction of sp³-hybridized carbons (Fsp3) is 0.406. The van der Waals surface area contributed by atoms with Crippen LogP contribution < -0.4 is 5.32 Å². The number of fused-ring (bicyclic) bond motifs is 1. The molecule has 1 fully saturated rings. The molecule has 8 nitrogen and oxygen atoms in total. The maximum Gasteiger partial charge on any atom is 0.246 e. The van der Waals surface area contributed by atoms with E-state index in [1.165, 1.54) is 18.2 Å². The van der Waals surface area contributed by atoms with Gasteiger partial charge in [0.05, 0.1) is 19.8 Å². The number of amides is 1.